The Balaban J connectivity index is 3.06. The van der Waals surface area contributed by atoms with Gasteiger partial charge in [0.1, 0.15) is 10.0 Å². The third kappa shape index (κ3) is 4.94. The summed E-state index contributed by atoms with van der Waals surface area (Å²) < 4.78 is 31.1. The first-order chi connectivity index (χ1) is 9.78. The van der Waals surface area contributed by atoms with Crippen molar-refractivity contribution in [3.63, 3.8) is 0 Å². The Labute approximate surface area is 130 Å². The zero-order valence-electron chi connectivity index (χ0n) is 12.2. The summed E-state index contributed by atoms with van der Waals surface area (Å²) in [6, 6.07) is 2.91. The fourth-order valence-corrected chi connectivity index (χ4v) is 3.77. The molecule has 1 aromatic heterocycles. The Kier molecular flexibility index (Phi) is 6.57. The molecule has 1 aromatic rings. The van der Waals surface area contributed by atoms with Crippen LogP contribution < -0.4 is 0 Å². The Morgan fingerprint density at radius 2 is 2.14 bits per heavy atom. The summed E-state index contributed by atoms with van der Waals surface area (Å²) in [4.78, 5) is 15.0. The second-order valence-electron chi connectivity index (χ2n) is 4.88. The molecule has 0 aliphatic carbocycles. The van der Waals surface area contributed by atoms with Gasteiger partial charge in [-0.1, -0.05) is 25.4 Å². The van der Waals surface area contributed by atoms with Crippen LogP contribution >= 0.6 is 11.6 Å². The molecule has 0 saturated carbocycles. The number of hydrogen-bond donors (Lipinski definition) is 0. The van der Waals surface area contributed by atoms with Crippen LogP contribution in [0.15, 0.2) is 23.2 Å². The number of nitrogens with zero attached hydrogens (tertiary/aromatic N) is 2. The Morgan fingerprint density at radius 3 is 2.67 bits per heavy atom. The zero-order chi connectivity index (χ0) is 16.0. The summed E-state index contributed by atoms with van der Waals surface area (Å²) in [5.74, 6) is -0.357. The van der Waals surface area contributed by atoms with Gasteiger partial charge < -0.3 is 4.74 Å². The van der Waals surface area contributed by atoms with Crippen molar-refractivity contribution >= 4 is 27.6 Å². The molecule has 0 unspecified atom stereocenters. The van der Waals surface area contributed by atoms with E-state index in [9.17, 15) is 13.2 Å². The quantitative estimate of drug-likeness (QED) is 0.562. The predicted molar refractivity (Wildman–Crippen MR) is 79.5 cm³/mol. The van der Waals surface area contributed by atoms with Crippen LogP contribution in [0.1, 0.15) is 20.3 Å². The minimum atomic E-state index is -3.80. The van der Waals surface area contributed by atoms with E-state index >= 15 is 0 Å². The molecule has 0 spiro atoms. The average Bonchev–Trinajstić information content (AvgIpc) is 2.42. The van der Waals surface area contributed by atoms with Crippen LogP contribution in [-0.2, 0) is 19.6 Å². The number of ether oxygens (including phenoxy) is 1. The number of carbonyl (C=O) groups is 1. The van der Waals surface area contributed by atoms with Gasteiger partial charge in [-0.2, -0.15) is 4.31 Å². The number of halogens is 1. The fourth-order valence-electron chi connectivity index (χ4n) is 1.74. The highest BCUT2D eigenvalue weighted by molar-refractivity contribution is 7.89. The normalized spacial score (nSPS) is 11.9. The monoisotopic (exact) mass is 334 g/mol. The molecule has 0 fully saturated rings. The second-order valence-corrected chi connectivity index (χ2v) is 7.14. The van der Waals surface area contributed by atoms with Gasteiger partial charge in [-0.25, -0.2) is 13.4 Å². The fraction of sp³-hybridized carbons (Fsp3) is 0.538. The van der Waals surface area contributed by atoms with Crippen molar-refractivity contribution in [2.45, 2.75) is 25.2 Å². The SMILES string of the molecule is COC(=O)CCN(CC(C)C)S(=O)(=O)c1cccnc1Cl. The van der Waals surface area contributed by atoms with E-state index in [0.717, 1.165) is 0 Å². The Hall–Kier alpha value is -1.18. The molecule has 8 heteroatoms. The summed E-state index contributed by atoms with van der Waals surface area (Å²) >= 11 is 5.87. The van der Waals surface area contributed by atoms with Gasteiger partial charge in [0.25, 0.3) is 0 Å². The van der Waals surface area contributed by atoms with Gasteiger partial charge in [-0.15, -0.1) is 0 Å². The van der Waals surface area contributed by atoms with Crippen molar-refractivity contribution in [2.24, 2.45) is 5.92 Å². The van der Waals surface area contributed by atoms with Crippen LogP contribution in [0.4, 0.5) is 0 Å². The lowest BCUT2D eigenvalue weighted by Gasteiger charge is -2.23. The molecule has 0 aromatic carbocycles. The smallest absolute Gasteiger partial charge is 0.306 e. The van der Waals surface area contributed by atoms with Gasteiger partial charge >= 0.3 is 5.97 Å². The first-order valence-corrected chi connectivity index (χ1v) is 8.28. The maximum Gasteiger partial charge on any atom is 0.306 e. The molecule has 6 nitrogen and oxygen atoms in total. The largest absolute Gasteiger partial charge is 0.469 e. The summed E-state index contributed by atoms with van der Waals surface area (Å²) in [6.07, 6.45) is 1.41. The van der Waals surface area contributed by atoms with Crippen molar-refractivity contribution in [2.75, 3.05) is 20.2 Å². The van der Waals surface area contributed by atoms with Crippen LogP contribution in [0.3, 0.4) is 0 Å². The number of hydrogen-bond acceptors (Lipinski definition) is 5. The number of methoxy groups -OCH3 is 1. The van der Waals surface area contributed by atoms with Crippen molar-refractivity contribution in [1.29, 1.82) is 0 Å². The number of pyridine rings is 1. The highest BCUT2D eigenvalue weighted by Crippen LogP contribution is 2.23. The molecule has 0 bridgehead atoms. The van der Waals surface area contributed by atoms with E-state index < -0.39 is 16.0 Å². The van der Waals surface area contributed by atoms with Gasteiger partial charge in [0, 0.05) is 19.3 Å². The van der Waals surface area contributed by atoms with Gasteiger partial charge in [0.15, 0.2) is 0 Å². The number of aromatic nitrogens is 1. The molecule has 0 saturated heterocycles. The summed E-state index contributed by atoms with van der Waals surface area (Å²) in [7, 11) is -2.53. The van der Waals surface area contributed by atoms with Crippen LogP contribution in [0.25, 0.3) is 0 Å². The minimum absolute atomic E-state index is 0.0136. The lowest BCUT2D eigenvalue weighted by atomic mass is 10.2. The maximum atomic E-state index is 12.6. The highest BCUT2D eigenvalue weighted by atomic mass is 35.5. The Morgan fingerprint density at radius 1 is 1.48 bits per heavy atom. The van der Waals surface area contributed by atoms with Crippen molar-refractivity contribution < 1.29 is 17.9 Å². The number of rotatable bonds is 7. The molecule has 1 heterocycles. The highest BCUT2D eigenvalue weighted by Gasteiger charge is 2.28. The van der Waals surface area contributed by atoms with Gasteiger partial charge in [0.05, 0.1) is 13.5 Å². The third-order valence-corrected chi connectivity index (χ3v) is 5.01. The number of sulfonamides is 1. The number of carbonyl (C=O) groups excluding carboxylic acids is 1. The lowest BCUT2D eigenvalue weighted by molar-refractivity contribution is -0.140. The maximum absolute atomic E-state index is 12.6. The van der Waals surface area contributed by atoms with Gasteiger partial charge in [-0.3, -0.25) is 4.79 Å². The van der Waals surface area contributed by atoms with E-state index in [-0.39, 0.29) is 35.5 Å². The summed E-state index contributed by atoms with van der Waals surface area (Å²) in [5.41, 5.74) is 0. The van der Waals surface area contributed by atoms with Gasteiger partial charge in [0.2, 0.25) is 10.0 Å². The molecule has 0 aliphatic rings. The number of esters is 1. The van der Waals surface area contributed by atoms with Crippen LogP contribution in [0, 0.1) is 5.92 Å². The van der Waals surface area contributed by atoms with E-state index in [1.165, 1.54) is 29.7 Å². The standard InChI is InChI=1S/C13H19ClN2O4S/c1-10(2)9-16(8-6-12(17)20-3)21(18,19)11-5-4-7-15-13(11)14/h4-5,7,10H,6,8-9H2,1-3H3. The summed E-state index contributed by atoms with van der Waals surface area (Å²) in [6.45, 7) is 4.11. The van der Waals surface area contributed by atoms with E-state index in [0.29, 0.717) is 0 Å². The summed E-state index contributed by atoms with van der Waals surface area (Å²) in [5, 5.41) is -0.0793. The molecule has 21 heavy (non-hydrogen) atoms. The minimum Gasteiger partial charge on any atom is -0.469 e. The topological polar surface area (TPSA) is 76.6 Å². The van der Waals surface area contributed by atoms with Crippen LogP contribution in [-0.4, -0.2) is 43.9 Å². The molecule has 118 valence electrons. The van der Waals surface area contributed by atoms with E-state index in [1.54, 1.807) is 0 Å². The molecule has 0 amide bonds. The molecule has 0 aliphatic heterocycles. The molecule has 0 radical (unpaired) electrons. The van der Waals surface area contributed by atoms with Crippen LogP contribution in [0.2, 0.25) is 5.15 Å². The predicted octanol–water partition coefficient (Wildman–Crippen LogP) is 1.94. The average molecular weight is 335 g/mol. The first-order valence-electron chi connectivity index (χ1n) is 6.46. The lowest BCUT2D eigenvalue weighted by Crippen LogP contribution is -2.36. The van der Waals surface area contributed by atoms with Crippen molar-refractivity contribution in [1.82, 2.24) is 9.29 Å². The molecule has 0 N–H and O–H groups in total. The van der Waals surface area contributed by atoms with Crippen LogP contribution in [0.5, 0.6) is 0 Å². The van der Waals surface area contributed by atoms with E-state index in [4.69, 9.17) is 11.6 Å². The third-order valence-electron chi connectivity index (χ3n) is 2.70. The van der Waals surface area contributed by atoms with E-state index in [1.807, 2.05) is 13.8 Å². The Bertz CT molecular complexity index is 590. The first kappa shape index (κ1) is 17.9. The molecular formula is C13H19ClN2O4S. The van der Waals surface area contributed by atoms with Crippen molar-refractivity contribution in [3.8, 4) is 0 Å². The van der Waals surface area contributed by atoms with Crippen molar-refractivity contribution in [3.05, 3.63) is 23.5 Å². The van der Waals surface area contributed by atoms with E-state index in [2.05, 4.69) is 9.72 Å². The van der Waals surface area contributed by atoms with Gasteiger partial charge in [-0.05, 0) is 18.1 Å². The molecule has 1 rings (SSSR count). The second kappa shape index (κ2) is 7.72. The molecule has 0 atom stereocenters. The molecular weight excluding hydrogens is 316 g/mol. The zero-order valence-corrected chi connectivity index (χ0v) is 13.8.